The van der Waals surface area contributed by atoms with Crippen molar-refractivity contribution < 1.29 is 22.0 Å². The first kappa shape index (κ1) is 12.1. The van der Waals surface area contributed by atoms with Gasteiger partial charge in [-0.05, 0) is 6.42 Å². The zero-order chi connectivity index (χ0) is 10.3. The summed E-state index contributed by atoms with van der Waals surface area (Å²) in [5.74, 6) is -1.48. The van der Waals surface area contributed by atoms with Crippen LogP contribution in [0.1, 0.15) is 19.3 Å². The van der Waals surface area contributed by atoms with E-state index in [1.165, 1.54) is 6.08 Å². The fraction of sp³-hybridized carbons (Fsp3) is 0.500. The molecule has 76 valence electrons. The molecule has 0 rings (SSSR count). The van der Waals surface area contributed by atoms with Gasteiger partial charge in [0.05, 0.1) is 0 Å². The first-order valence-corrected chi connectivity index (χ1v) is 3.67. The maximum Gasteiger partial charge on any atom is 0.301 e. The molecule has 0 atom stereocenters. The van der Waals surface area contributed by atoms with Crippen molar-refractivity contribution in [2.75, 3.05) is 0 Å². The van der Waals surface area contributed by atoms with Gasteiger partial charge in [0.25, 0.3) is 0 Å². The molecule has 0 fully saturated rings. The van der Waals surface area contributed by atoms with E-state index in [1.54, 1.807) is 0 Å². The van der Waals surface area contributed by atoms with Crippen LogP contribution in [0, 0.1) is 0 Å². The van der Waals surface area contributed by atoms with Crippen LogP contribution in [-0.2, 0) is 0 Å². The summed E-state index contributed by atoms with van der Waals surface area (Å²) < 4.78 is 57.9. The Morgan fingerprint density at radius 2 is 1.69 bits per heavy atom. The summed E-state index contributed by atoms with van der Waals surface area (Å²) in [7, 11) is 0. The first-order chi connectivity index (χ1) is 6.04. The van der Waals surface area contributed by atoms with Crippen LogP contribution in [0.4, 0.5) is 22.0 Å². The highest BCUT2D eigenvalue weighted by Gasteiger charge is 2.02. The summed E-state index contributed by atoms with van der Waals surface area (Å²) in [6.45, 7) is 0. The Labute approximate surface area is 72.7 Å². The summed E-state index contributed by atoms with van der Waals surface area (Å²) in [6, 6.07) is 0. The predicted octanol–water partition coefficient (Wildman–Crippen LogP) is 4.06. The van der Waals surface area contributed by atoms with Crippen LogP contribution in [0.25, 0.3) is 0 Å². The zero-order valence-electron chi connectivity index (χ0n) is 6.74. The summed E-state index contributed by atoms with van der Waals surface area (Å²) >= 11 is 0. The second-order valence-corrected chi connectivity index (χ2v) is 2.30. The molecular formula is C8H9F5. The molecule has 0 saturated carbocycles. The summed E-state index contributed by atoms with van der Waals surface area (Å²) in [5, 5.41) is 0. The van der Waals surface area contributed by atoms with Crippen LogP contribution in [0.15, 0.2) is 24.1 Å². The Hall–Kier alpha value is -0.870. The molecule has 0 amide bonds. The minimum atomic E-state index is -2.45. The van der Waals surface area contributed by atoms with Gasteiger partial charge < -0.3 is 0 Å². The highest BCUT2D eigenvalue weighted by Crippen LogP contribution is 2.15. The molecule has 0 aromatic rings. The van der Waals surface area contributed by atoms with Gasteiger partial charge >= 0.3 is 6.08 Å². The third-order valence-electron chi connectivity index (χ3n) is 1.22. The molecule has 0 radical (unpaired) electrons. The Morgan fingerprint density at radius 1 is 1.08 bits per heavy atom. The Kier molecular flexibility index (Phi) is 6.18. The topological polar surface area (TPSA) is 0 Å². The molecule has 0 bridgehead atoms. The monoisotopic (exact) mass is 200 g/mol. The van der Waals surface area contributed by atoms with Crippen LogP contribution >= 0.6 is 0 Å². The van der Waals surface area contributed by atoms with Crippen molar-refractivity contribution in [3.63, 3.8) is 0 Å². The third kappa shape index (κ3) is 7.49. The number of rotatable bonds is 5. The van der Waals surface area contributed by atoms with Crippen LogP contribution in [0.3, 0.4) is 0 Å². The average Bonchev–Trinajstić information content (AvgIpc) is 2.02. The van der Waals surface area contributed by atoms with Gasteiger partial charge in [0.1, 0.15) is 0 Å². The Bertz CT molecular complexity index is 191. The zero-order valence-corrected chi connectivity index (χ0v) is 6.74. The highest BCUT2D eigenvalue weighted by molar-refractivity contribution is 4.94. The molecule has 5 heteroatoms. The van der Waals surface area contributed by atoms with E-state index < -0.39 is 31.2 Å². The van der Waals surface area contributed by atoms with Gasteiger partial charge in [-0.2, -0.15) is 8.78 Å². The quantitative estimate of drug-likeness (QED) is 0.463. The third-order valence-corrected chi connectivity index (χ3v) is 1.22. The molecule has 0 nitrogen and oxygen atoms in total. The lowest BCUT2D eigenvalue weighted by Gasteiger charge is -1.92. The number of allylic oxidation sites excluding steroid dienone is 3. The molecule has 0 N–H and O–H groups in total. The van der Waals surface area contributed by atoms with Crippen molar-refractivity contribution in [3.8, 4) is 0 Å². The lowest BCUT2D eigenvalue weighted by atomic mass is 10.2. The lowest BCUT2D eigenvalue weighted by molar-refractivity contribution is 0.152. The van der Waals surface area contributed by atoms with Crippen LogP contribution in [-0.4, -0.2) is 6.43 Å². The van der Waals surface area contributed by atoms with Gasteiger partial charge in [0, 0.05) is 12.8 Å². The largest absolute Gasteiger partial charge is 0.301 e. The molecule has 0 spiro atoms. The number of hydrogen-bond donors (Lipinski definition) is 0. The van der Waals surface area contributed by atoms with E-state index in [2.05, 4.69) is 0 Å². The first-order valence-electron chi connectivity index (χ1n) is 3.67. The van der Waals surface area contributed by atoms with E-state index in [4.69, 9.17) is 0 Å². The molecule has 0 aromatic carbocycles. The van der Waals surface area contributed by atoms with Crippen molar-refractivity contribution in [2.45, 2.75) is 25.7 Å². The van der Waals surface area contributed by atoms with E-state index in [1.807, 2.05) is 0 Å². The Balaban J connectivity index is 3.57. The lowest BCUT2D eigenvalue weighted by Crippen LogP contribution is -1.84. The molecule has 0 aliphatic heterocycles. The molecule has 0 saturated heterocycles. The van der Waals surface area contributed by atoms with Crippen molar-refractivity contribution in [3.05, 3.63) is 24.1 Å². The van der Waals surface area contributed by atoms with Crippen LogP contribution < -0.4 is 0 Å². The summed E-state index contributed by atoms with van der Waals surface area (Å²) in [4.78, 5) is 0. The fourth-order valence-corrected chi connectivity index (χ4v) is 0.621. The molecule has 0 aliphatic carbocycles. The normalized spacial score (nSPS) is 11.2. The molecule has 0 aromatic heterocycles. The van der Waals surface area contributed by atoms with Gasteiger partial charge in [-0.15, -0.1) is 0 Å². The molecule has 13 heavy (non-hydrogen) atoms. The van der Waals surface area contributed by atoms with Gasteiger partial charge in [-0.25, -0.2) is 13.2 Å². The van der Waals surface area contributed by atoms with Crippen molar-refractivity contribution in [1.29, 1.82) is 0 Å². The van der Waals surface area contributed by atoms with Crippen molar-refractivity contribution in [2.24, 2.45) is 0 Å². The van der Waals surface area contributed by atoms with Gasteiger partial charge in [-0.3, -0.25) is 0 Å². The van der Waals surface area contributed by atoms with E-state index in [0.717, 1.165) is 6.08 Å². The second kappa shape index (κ2) is 6.62. The van der Waals surface area contributed by atoms with Crippen molar-refractivity contribution >= 4 is 0 Å². The molecule has 0 unspecified atom stereocenters. The summed E-state index contributed by atoms with van der Waals surface area (Å²) in [5.41, 5.74) is 0. The van der Waals surface area contributed by atoms with Crippen LogP contribution in [0.5, 0.6) is 0 Å². The fourth-order valence-electron chi connectivity index (χ4n) is 0.621. The average molecular weight is 200 g/mol. The van der Waals surface area contributed by atoms with Gasteiger partial charge in [0.2, 0.25) is 6.43 Å². The smallest absolute Gasteiger partial charge is 0.210 e. The second-order valence-electron chi connectivity index (χ2n) is 2.30. The van der Waals surface area contributed by atoms with E-state index in [9.17, 15) is 22.0 Å². The van der Waals surface area contributed by atoms with E-state index in [0.29, 0.717) is 0 Å². The van der Waals surface area contributed by atoms with E-state index >= 15 is 0 Å². The highest BCUT2D eigenvalue weighted by atomic mass is 19.3. The van der Waals surface area contributed by atoms with Gasteiger partial charge in [-0.1, -0.05) is 12.2 Å². The van der Waals surface area contributed by atoms with Gasteiger partial charge in [0.15, 0.2) is 5.83 Å². The molecular weight excluding hydrogens is 191 g/mol. The number of halogens is 5. The molecule has 0 heterocycles. The predicted molar refractivity (Wildman–Crippen MR) is 39.3 cm³/mol. The minimum Gasteiger partial charge on any atom is -0.210 e. The number of hydrogen-bond acceptors (Lipinski definition) is 0. The maximum atomic E-state index is 12.1. The van der Waals surface area contributed by atoms with Crippen molar-refractivity contribution in [1.82, 2.24) is 0 Å². The SMILES string of the molecule is FC(F)=C(F)CCC=CCC(F)F. The number of alkyl halides is 2. The Morgan fingerprint density at radius 3 is 2.15 bits per heavy atom. The van der Waals surface area contributed by atoms with Crippen LogP contribution in [0.2, 0.25) is 0 Å². The summed E-state index contributed by atoms with van der Waals surface area (Å²) in [6.07, 6.45) is -3.25. The minimum absolute atomic E-state index is 0.00981. The van der Waals surface area contributed by atoms with E-state index in [-0.39, 0.29) is 6.42 Å². The maximum absolute atomic E-state index is 12.1. The standard InChI is InChI=1S/C8H9F5/c9-6(8(12)13)4-2-1-3-5-7(10)11/h1,3,7H,2,4-5H2. The molecule has 0 aliphatic rings.